The third-order valence-electron chi connectivity index (χ3n) is 2.13. The van der Waals surface area contributed by atoms with Gasteiger partial charge in [0.15, 0.2) is 11.8 Å². The molecule has 0 unspecified atom stereocenters. The maximum Gasteiger partial charge on any atom is 0.193 e. The van der Waals surface area contributed by atoms with Crippen LogP contribution < -0.4 is 11.1 Å². The second kappa shape index (κ2) is 4.37. The molecule has 16 heavy (non-hydrogen) atoms. The van der Waals surface area contributed by atoms with Crippen LogP contribution in [0.4, 0.5) is 14.5 Å². The highest BCUT2D eigenvalue weighted by atomic mass is 79.9. The maximum atomic E-state index is 13.4. The van der Waals surface area contributed by atoms with E-state index in [1.165, 1.54) is 0 Å². The van der Waals surface area contributed by atoms with Gasteiger partial charge in [-0.3, -0.25) is 0 Å². The van der Waals surface area contributed by atoms with Gasteiger partial charge in [0.25, 0.3) is 0 Å². The number of halogens is 3. The van der Waals surface area contributed by atoms with Crippen molar-refractivity contribution in [3.8, 4) is 0 Å². The molecule has 1 fully saturated rings. The first kappa shape index (κ1) is 11.3. The third-order valence-corrected chi connectivity index (χ3v) is 2.75. The van der Waals surface area contributed by atoms with Crippen LogP contribution in [0.5, 0.6) is 0 Å². The normalized spacial score (nSPS) is 16.3. The maximum absolute atomic E-state index is 13.4. The Bertz CT molecular complexity index is 421. The average molecular weight is 290 g/mol. The zero-order chi connectivity index (χ0) is 11.7. The number of benzene rings is 1. The molecule has 1 aromatic carbocycles. The van der Waals surface area contributed by atoms with Gasteiger partial charge in [0.1, 0.15) is 5.82 Å². The van der Waals surface area contributed by atoms with Gasteiger partial charge in [-0.2, -0.15) is 0 Å². The van der Waals surface area contributed by atoms with Crippen molar-refractivity contribution in [1.82, 2.24) is 0 Å². The summed E-state index contributed by atoms with van der Waals surface area (Å²) in [6, 6.07) is 2.20. The molecule has 0 aromatic heterocycles. The Morgan fingerprint density at radius 2 is 2.12 bits per heavy atom. The summed E-state index contributed by atoms with van der Waals surface area (Å²) >= 11 is 3.06. The summed E-state index contributed by atoms with van der Waals surface area (Å²) in [7, 11) is 0. The van der Waals surface area contributed by atoms with Crippen LogP contribution in [0.25, 0.3) is 0 Å². The lowest BCUT2D eigenvalue weighted by atomic mass is 10.3. The number of aliphatic imine (C=N–C) groups is 1. The number of hydrogen-bond donors (Lipinski definition) is 2. The highest BCUT2D eigenvalue weighted by molar-refractivity contribution is 9.10. The van der Waals surface area contributed by atoms with Crippen LogP contribution in [-0.4, -0.2) is 12.0 Å². The third kappa shape index (κ3) is 2.69. The molecule has 0 bridgehead atoms. The number of anilines is 1. The molecule has 86 valence electrons. The van der Waals surface area contributed by atoms with Crippen LogP contribution in [0.15, 0.2) is 21.6 Å². The lowest BCUT2D eigenvalue weighted by Crippen LogP contribution is -2.24. The molecule has 0 radical (unpaired) electrons. The molecule has 1 aliphatic rings. The van der Waals surface area contributed by atoms with Gasteiger partial charge in [-0.25, -0.2) is 13.8 Å². The van der Waals surface area contributed by atoms with E-state index in [1.807, 2.05) is 0 Å². The first-order valence-corrected chi connectivity index (χ1v) is 5.60. The minimum atomic E-state index is -0.708. The van der Waals surface area contributed by atoms with Crippen molar-refractivity contribution in [2.75, 3.05) is 5.32 Å². The van der Waals surface area contributed by atoms with E-state index in [4.69, 9.17) is 5.73 Å². The van der Waals surface area contributed by atoms with Crippen molar-refractivity contribution in [2.45, 2.75) is 18.9 Å². The van der Waals surface area contributed by atoms with Crippen LogP contribution in [-0.2, 0) is 0 Å². The van der Waals surface area contributed by atoms with Gasteiger partial charge in [-0.1, -0.05) is 0 Å². The van der Waals surface area contributed by atoms with Gasteiger partial charge in [-0.15, -0.1) is 0 Å². The molecular formula is C10H10BrF2N3. The Hall–Kier alpha value is -1.17. The molecule has 0 amide bonds. The highest BCUT2D eigenvalue weighted by Gasteiger charge is 2.21. The van der Waals surface area contributed by atoms with Gasteiger partial charge in [0, 0.05) is 10.5 Å². The zero-order valence-corrected chi connectivity index (χ0v) is 9.89. The number of nitrogens with zero attached hydrogens (tertiary/aromatic N) is 1. The van der Waals surface area contributed by atoms with Crippen LogP contribution in [0.2, 0.25) is 0 Å². The van der Waals surface area contributed by atoms with E-state index < -0.39 is 11.6 Å². The summed E-state index contributed by atoms with van der Waals surface area (Å²) in [5.41, 5.74) is 5.68. The molecule has 1 aromatic rings. The summed E-state index contributed by atoms with van der Waals surface area (Å²) < 4.78 is 26.5. The van der Waals surface area contributed by atoms with E-state index in [-0.39, 0.29) is 22.2 Å². The molecule has 0 spiro atoms. The standard InChI is InChI=1S/C10H10BrF2N3/c11-7-3-5(12)4-8(13)9(7)16-10(14)15-6-1-2-6/h3-4,6H,1-2H2,(H3,14,15,16). The Morgan fingerprint density at radius 1 is 1.44 bits per heavy atom. The summed E-state index contributed by atoms with van der Waals surface area (Å²) in [4.78, 5) is 4.09. The molecule has 1 saturated carbocycles. The average Bonchev–Trinajstić information content (AvgIpc) is 2.95. The SMILES string of the molecule is NC(=NC1CC1)Nc1c(F)cc(F)cc1Br. The van der Waals surface area contributed by atoms with E-state index in [0.29, 0.717) is 0 Å². The summed E-state index contributed by atoms with van der Waals surface area (Å²) in [5.74, 6) is -1.21. The zero-order valence-electron chi connectivity index (χ0n) is 8.30. The Kier molecular flexibility index (Phi) is 3.09. The Balaban J connectivity index is 2.20. The molecule has 0 aliphatic heterocycles. The van der Waals surface area contributed by atoms with Gasteiger partial charge >= 0.3 is 0 Å². The van der Waals surface area contributed by atoms with Crippen molar-refractivity contribution in [1.29, 1.82) is 0 Å². The van der Waals surface area contributed by atoms with Crippen molar-refractivity contribution in [2.24, 2.45) is 10.7 Å². The van der Waals surface area contributed by atoms with E-state index in [1.54, 1.807) is 0 Å². The number of hydrogen-bond acceptors (Lipinski definition) is 1. The minimum Gasteiger partial charge on any atom is -0.370 e. The minimum absolute atomic E-state index is 0.100. The fourth-order valence-electron chi connectivity index (χ4n) is 1.22. The number of rotatable bonds is 2. The second-order valence-electron chi connectivity index (χ2n) is 3.61. The van der Waals surface area contributed by atoms with E-state index >= 15 is 0 Å². The predicted molar refractivity (Wildman–Crippen MR) is 62.3 cm³/mol. The van der Waals surface area contributed by atoms with Crippen LogP contribution >= 0.6 is 15.9 Å². The Labute approximate surface area is 99.9 Å². The van der Waals surface area contributed by atoms with Gasteiger partial charge in [-0.05, 0) is 34.8 Å². The largest absolute Gasteiger partial charge is 0.370 e. The van der Waals surface area contributed by atoms with Crippen molar-refractivity contribution in [3.05, 3.63) is 28.2 Å². The fourth-order valence-corrected chi connectivity index (χ4v) is 1.73. The quantitative estimate of drug-likeness (QED) is 0.650. The first-order chi connectivity index (χ1) is 7.56. The van der Waals surface area contributed by atoms with Crippen molar-refractivity contribution < 1.29 is 8.78 Å². The molecule has 3 nitrogen and oxygen atoms in total. The smallest absolute Gasteiger partial charge is 0.193 e. The van der Waals surface area contributed by atoms with Crippen LogP contribution in [0.3, 0.4) is 0 Å². The van der Waals surface area contributed by atoms with E-state index in [2.05, 4.69) is 26.2 Å². The monoisotopic (exact) mass is 289 g/mol. The van der Waals surface area contributed by atoms with E-state index in [0.717, 1.165) is 25.0 Å². The highest BCUT2D eigenvalue weighted by Crippen LogP contribution is 2.27. The second-order valence-corrected chi connectivity index (χ2v) is 4.47. The molecule has 0 heterocycles. The summed E-state index contributed by atoms with van der Waals surface area (Å²) in [6.07, 6.45) is 2.02. The number of nitrogens with one attached hydrogen (secondary N) is 1. The molecule has 1 aliphatic carbocycles. The molecular weight excluding hydrogens is 280 g/mol. The van der Waals surface area contributed by atoms with Gasteiger partial charge in [0.2, 0.25) is 0 Å². The van der Waals surface area contributed by atoms with Crippen LogP contribution in [0.1, 0.15) is 12.8 Å². The summed E-state index contributed by atoms with van der Waals surface area (Å²) in [6.45, 7) is 0. The van der Waals surface area contributed by atoms with Crippen molar-refractivity contribution in [3.63, 3.8) is 0 Å². The van der Waals surface area contributed by atoms with E-state index in [9.17, 15) is 8.78 Å². The molecule has 3 N–H and O–H groups in total. The number of guanidine groups is 1. The summed E-state index contributed by atoms with van der Waals surface area (Å²) in [5, 5.41) is 2.62. The molecule has 0 atom stereocenters. The van der Waals surface area contributed by atoms with Crippen molar-refractivity contribution >= 4 is 27.6 Å². The molecule has 6 heteroatoms. The van der Waals surface area contributed by atoms with Crippen LogP contribution in [0, 0.1) is 11.6 Å². The van der Waals surface area contributed by atoms with Gasteiger partial charge < -0.3 is 11.1 Å². The first-order valence-electron chi connectivity index (χ1n) is 4.81. The number of nitrogens with two attached hydrogens (primary N) is 1. The lowest BCUT2D eigenvalue weighted by molar-refractivity contribution is 0.585. The molecule has 2 rings (SSSR count). The predicted octanol–water partition coefficient (Wildman–Crippen LogP) is 2.62. The van der Waals surface area contributed by atoms with Gasteiger partial charge in [0.05, 0.1) is 11.7 Å². The molecule has 0 saturated heterocycles. The Morgan fingerprint density at radius 3 is 2.69 bits per heavy atom. The lowest BCUT2D eigenvalue weighted by Gasteiger charge is -2.09. The fraction of sp³-hybridized carbons (Fsp3) is 0.300. The topological polar surface area (TPSA) is 50.4 Å².